The summed E-state index contributed by atoms with van der Waals surface area (Å²) in [5.74, 6) is 1.01. The van der Waals surface area contributed by atoms with Crippen LogP contribution in [0.5, 0.6) is 0 Å². The van der Waals surface area contributed by atoms with Gasteiger partial charge in [-0.05, 0) is 31.6 Å². The van der Waals surface area contributed by atoms with Crippen LogP contribution in [-0.4, -0.2) is 57.5 Å². The van der Waals surface area contributed by atoms with Crippen LogP contribution in [0.4, 0.5) is 0 Å². The SMILES string of the molecule is CCNC(=NCCS(C)(=O)=O)N1CCC2(CCCC2)C1.I. The Hall–Kier alpha value is -0.0500. The molecule has 21 heavy (non-hydrogen) atoms. The smallest absolute Gasteiger partial charge is 0.193 e. The largest absolute Gasteiger partial charge is 0.357 e. The van der Waals surface area contributed by atoms with Gasteiger partial charge in [-0.15, -0.1) is 24.0 Å². The van der Waals surface area contributed by atoms with Crippen LogP contribution in [-0.2, 0) is 9.84 Å². The van der Waals surface area contributed by atoms with Crippen molar-refractivity contribution >= 4 is 39.8 Å². The van der Waals surface area contributed by atoms with Gasteiger partial charge in [0.15, 0.2) is 5.96 Å². The first-order valence-corrected chi connectivity index (χ1v) is 9.71. The summed E-state index contributed by atoms with van der Waals surface area (Å²) in [5, 5.41) is 3.30. The molecular formula is C14H28IN3O2S. The quantitative estimate of drug-likeness (QED) is 0.421. The Labute approximate surface area is 145 Å². The molecule has 0 atom stereocenters. The molecule has 7 heteroatoms. The molecule has 2 rings (SSSR count). The molecule has 124 valence electrons. The Bertz CT molecular complexity index is 459. The van der Waals surface area contributed by atoms with E-state index >= 15 is 0 Å². The third kappa shape index (κ3) is 5.58. The van der Waals surface area contributed by atoms with Gasteiger partial charge in [-0.1, -0.05) is 12.8 Å². The summed E-state index contributed by atoms with van der Waals surface area (Å²) >= 11 is 0. The maximum atomic E-state index is 11.2. The molecule has 0 aromatic heterocycles. The highest BCUT2D eigenvalue weighted by Crippen LogP contribution is 2.45. The molecule has 0 aromatic rings. The van der Waals surface area contributed by atoms with Crippen molar-refractivity contribution < 1.29 is 8.42 Å². The number of nitrogens with one attached hydrogen (secondary N) is 1. The Kier molecular flexibility index (Phi) is 7.23. The van der Waals surface area contributed by atoms with Gasteiger partial charge < -0.3 is 10.2 Å². The van der Waals surface area contributed by atoms with Gasteiger partial charge >= 0.3 is 0 Å². The average Bonchev–Trinajstić information content (AvgIpc) is 2.98. The van der Waals surface area contributed by atoms with Gasteiger partial charge in [0, 0.05) is 25.9 Å². The number of likely N-dealkylation sites (tertiary alicyclic amines) is 1. The average molecular weight is 429 g/mol. The van der Waals surface area contributed by atoms with Crippen molar-refractivity contribution in [3.05, 3.63) is 0 Å². The lowest BCUT2D eigenvalue weighted by molar-refractivity contribution is 0.309. The molecule has 0 aromatic carbocycles. The van der Waals surface area contributed by atoms with Gasteiger partial charge in [0.2, 0.25) is 0 Å². The van der Waals surface area contributed by atoms with Crippen molar-refractivity contribution in [3.63, 3.8) is 0 Å². The van der Waals surface area contributed by atoms with E-state index in [1.807, 2.05) is 6.92 Å². The molecule has 1 saturated carbocycles. The topological polar surface area (TPSA) is 61.8 Å². The first-order chi connectivity index (χ1) is 9.44. The van der Waals surface area contributed by atoms with Crippen LogP contribution in [0.3, 0.4) is 0 Å². The summed E-state index contributed by atoms with van der Waals surface area (Å²) in [4.78, 5) is 6.80. The van der Waals surface area contributed by atoms with E-state index in [0.29, 0.717) is 12.0 Å². The van der Waals surface area contributed by atoms with Crippen LogP contribution in [0.25, 0.3) is 0 Å². The normalized spacial score (nSPS) is 21.6. The Morgan fingerprint density at radius 3 is 2.52 bits per heavy atom. The van der Waals surface area contributed by atoms with Gasteiger partial charge in [-0.25, -0.2) is 8.42 Å². The Morgan fingerprint density at radius 2 is 1.95 bits per heavy atom. The fraction of sp³-hybridized carbons (Fsp3) is 0.929. The first-order valence-electron chi connectivity index (χ1n) is 7.65. The molecule has 0 amide bonds. The zero-order valence-corrected chi connectivity index (χ0v) is 16.2. The van der Waals surface area contributed by atoms with E-state index in [9.17, 15) is 8.42 Å². The first kappa shape index (κ1) is 19.0. The fourth-order valence-electron chi connectivity index (χ4n) is 3.39. The molecule has 1 N–H and O–H groups in total. The minimum atomic E-state index is -2.93. The van der Waals surface area contributed by atoms with Crippen LogP contribution < -0.4 is 5.32 Å². The van der Waals surface area contributed by atoms with Crippen LogP contribution in [0.15, 0.2) is 4.99 Å². The standard InChI is InChI=1S/C14H27N3O2S.HI/c1-3-15-13(16-9-11-20(2,18)19)17-10-8-14(12-17)6-4-5-7-14;/h3-12H2,1-2H3,(H,15,16);1H. The summed E-state index contributed by atoms with van der Waals surface area (Å²) in [6.45, 7) is 5.35. The highest BCUT2D eigenvalue weighted by Gasteiger charge is 2.41. The highest BCUT2D eigenvalue weighted by molar-refractivity contribution is 14.0. The molecule has 0 unspecified atom stereocenters. The number of guanidine groups is 1. The molecule has 2 aliphatic rings. The predicted octanol–water partition coefficient (Wildman–Crippen LogP) is 1.88. The zero-order valence-electron chi connectivity index (χ0n) is 13.1. The zero-order chi connectivity index (χ0) is 14.6. The molecule has 1 aliphatic heterocycles. The number of aliphatic imine (C=N–C) groups is 1. The minimum absolute atomic E-state index is 0. The molecule has 5 nitrogen and oxygen atoms in total. The molecule has 1 spiro atoms. The van der Waals surface area contributed by atoms with Gasteiger partial charge in [-0.3, -0.25) is 4.99 Å². The third-order valence-electron chi connectivity index (χ3n) is 4.46. The monoisotopic (exact) mass is 429 g/mol. The van der Waals surface area contributed by atoms with Crippen molar-refractivity contribution in [2.45, 2.75) is 39.0 Å². The molecule has 0 radical (unpaired) electrons. The summed E-state index contributed by atoms with van der Waals surface area (Å²) in [6.07, 6.45) is 7.91. The van der Waals surface area contributed by atoms with Crippen LogP contribution in [0.1, 0.15) is 39.0 Å². The number of rotatable bonds is 4. The maximum absolute atomic E-state index is 11.2. The van der Waals surface area contributed by atoms with Crippen molar-refractivity contribution in [1.82, 2.24) is 10.2 Å². The number of nitrogens with zero attached hydrogens (tertiary/aromatic N) is 2. The lowest BCUT2D eigenvalue weighted by atomic mass is 9.86. The number of hydrogen-bond acceptors (Lipinski definition) is 3. The van der Waals surface area contributed by atoms with Gasteiger partial charge in [0.05, 0.1) is 12.3 Å². The predicted molar refractivity (Wildman–Crippen MR) is 98.2 cm³/mol. The van der Waals surface area contributed by atoms with E-state index in [1.54, 1.807) is 0 Å². The van der Waals surface area contributed by atoms with E-state index in [-0.39, 0.29) is 29.7 Å². The number of sulfone groups is 1. The van der Waals surface area contributed by atoms with Gasteiger partial charge in [0.1, 0.15) is 9.84 Å². The van der Waals surface area contributed by atoms with Crippen molar-refractivity contribution in [2.24, 2.45) is 10.4 Å². The second-order valence-corrected chi connectivity index (χ2v) is 8.50. The van der Waals surface area contributed by atoms with E-state index in [4.69, 9.17) is 0 Å². The van der Waals surface area contributed by atoms with Gasteiger partial charge in [0.25, 0.3) is 0 Å². The minimum Gasteiger partial charge on any atom is -0.357 e. The summed E-state index contributed by atoms with van der Waals surface area (Å²) in [5.41, 5.74) is 0.507. The lowest BCUT2D eigenvalue weighted by Crippen LogP contribution is -2.41. The highest BCUT2D eigenvalue weighted by atomic mass is 127. The fourth-order valence-corrected chi connectivity index (χ4v) is 3.82. The van der Waals surface area contributed by atoms with E-state index in [0.717, 1.165) is 25.6 Å². The molecule has 1 aliphatic carbocycles. The van der Waals surface area contributed by atoms with Crippen LogP contribution in [0, 0.1) is 5.41 Å². The molecule has 2 fully saturated rings. The second kappa shape index (κ2) is 7.99. The van der Waals surface area contributed by atoms with Crippen LogP contribution in [0.2, 0.25) is 0 Å². The summed E-state index contributed by atoms with van der Waals surface area (Å²) in [7, 11) is -2.93. The van der Waals surface area contributed by atoms with Crippen molar-refractivity contribution in [1.29, 1.82) is 0 Å². The number of halogens is 1. The second-order valence-electron chi connectivity index (χ2n) is 6.24. The van der Waals surface area contributed by atoms with E-state index in [1.165, 1.54) is 38.4 Å². The third-order valence-corrected chi connectivity index (χ3v) is 5.38. The Balaban J connectivity index is 0.00000220. The number of hydrogen-bond donors (Lipinski definition) is 1. The Morgan fingerprint density at radius 1 is 1.29 bits per heavy atom. The maximum Gasteiger partial charge on any atom is 0.193 e. The van der Waals surface area contributed by atoms with E-state index < -0.39 is 9.84 Å². The molecular weight excluding hydrogens is 401 g/mol. The lowest BCUT2D eigenvalue weighted by Gasteiger charge is -2.25. The van der Waals surface area contributed by atoms with E-state index in [2.05, 4.69) is 15.2 Å². The van der Waals surface area contributed by atoms with Crippen molar-refractivity contribution in [2.75, 3.05) is 38.2 Å². The summed E-state index contributed by atoms with van der Waals surface area (Å²) in [6, 6.07) is 0. The van der Waals surface area contributed by atoms with Gasteiger partial charge in [-0.2, -0.15) is 0 Å². The molecule has 0 bridgehead atoms. The van der Waals surface area contributed by atoms with Crippen molar-refractivity contribution in [3.8, 4) is 0 Å². The summed E-state index contributed by atoms with van der Waals surface area (Å²) < 4.78 is 22.4. The molecule has 1 saturated heterocycles. The molecule has 1 heterocycles. The van der Waals surface area contributed by atoms with Crippen LogP contribution >= 0.6 is 24.0 Å².